The van der Waals surface area contributed by atoms with Crippen molar-refractivity contribution in [2.45, 2.75) is 38.5 Å². The SMILES string of the molecule is CCCc1cc(=O)[nH]c(-n2nc(C3CC3)cc2NC(=O)c2cccs2)n1. The van der Waals surface area contributed by atoms with Crippen molar-refractivity contribution < 1.29 is 4.79 Å². The fraction of sp³-hybridized carbons (Fsp3) is 0.333. The Morgan fingerprint density at radius 1 is 1.42 bits per heavy atom. The molecule has 1 aliphatic rings. The van der Waals surface area contributed by atoms with Crippen molar-refractivity contribution in [1.82, 2.24) is 19.7 Å². The van der Waals surface area contributed by atoms with Crippen LogP contribution in [0.2, 0.25) is 0 Å². The van der Waals surface area contributed by atoms with Gasteiger partial charge in [0.05, 0.1) is 10.6 Å². The minimum Gasteiger partial charge on any atom is -0.306 e. The predicted octanol–water partition coefficient (Wildman–Crippen LogP) is 3.10. The molecule has 0 aliphatic heterocycles. The second-order valence-corrected chi connectivity index (χ2v) is 7.33. The van der Waals surface area contributed by atoms with Crippen LogP contribution in [0.5, 0.6) is 0 Å². The fourth-order valence-corrected chi connectivity index (χ4v) is 3.41. The Bertz CT molecular complexity index is 985. The van der Waals surface area contributed by atoms with Crippen molar-refractivity contribution in [2.75, 3.05) is 5.32 Å². The molecule has 1 saturated carbocycles. The number of aromatic amines is 1. The fourth-order valence-electron chi connectivity index (χ4n) is 2.79. The molecule has 0 atom stereocenters. The van der Waals surface area contributed by atoms with Crippen LogP contribution in [0.4, 0.5) is 5.82 Å². The summed E-state index contributed by atoms with van der Waals surface area (Å²) in [7, 11) is 0. The van der Waals surface area contributed by atoms with Gasteiger partial charge < -0.3 is 5.32 Å². The molecule has 8 heteroatoms. The van der Waals surface area contributed by atoms with Crippen molar-refractivity contribution in [3.8, 4) is 5.95 Å². The molecule has 0 aromatic carbocycles. The Hall–Kier alpha value is -2.74. The van der Waals surface area contributed by atoms with E-state index in [2.05, 4.69) is 20.4 Å². The highest BCUT2D eigenvalue weighted by Crippen LogP contribution is 2.40. The summed E-state index contributed by atoms with van der Waals surface area (Å²) in [5, 5.41) is 9.34. The van der Waals surface area contributed by atoms with E-state index in [4.69, 9.17) is 0 Å². The van der Waals surface area contributed by atoms with E-state index in [0.717, 1.165) is 25.0 Å². The van der Waals surface area contributed by atoms with Crippen LogP contribution in [0.1, 0.15) is 53.2 Å². The second kappa shape index (κ2) is 6.87. The lowest BCUT2D eigenvalue weighted by molar-refractivity contribution is 0.103. The van der Waals surface area contributed by atoms with Gasteiger partial charge in [0.15, 0.2) is 0 Å². The lowest BCUT2D eigenvalue weighted by Gasteiger charge is -2.08. The number of aryl methyl sites for hydroxylation is 1. The molecule has 3 aromatic heterocycles. The predicted molar refractivity (Wildman–Crippen MR) is 100 cm³/mol. The number of aromatic nitrogens is 4. The van der Waals surface area contributed by atoms with Gasteiger partial charge in [0, 0.05) is 23.7 Å². The normalized spacial score (nSPS) is 13.7. The molecule has 134 valence electrons. The molecule has 26 heavy (non-hydrogen) atoms. The zero-order valence-electron chi connectivity index (χ0n) is 14.4. The van der Waals surface area contributed by atoms with E-state index in [-0.39, 0.29) is 11.5 Å². The van der Waals surface area contributed by atoms with Gasteiger partial charge in [-0.05, 0) is 30.7 Å². The summed E-state index contributed by atoms with van der Waals surface area (Å²) in [4.78, 5) is 32.3. The standard InChI is InChI=1S/C18H19N5O2S/c1-2-4-12-9-16(24)21-18(19-12)23-15(10-13(22-23)11-6-7-11)20-17(25)14-5-3-8-26-14/h3,5,8-11H,2,4,6-7H2,1H3,(H,20,25)(H,19,21,24). The van der Waals surface area contributed by atoms with E-state index in [9.17, 15) is 9.59 Å². The third-order valence-electron chi connectivity index (χ3n) is 4.20. The lowest BCUT2D eigenvalue weighted by Crippen LogP contribution is -2.19. The van der Waals surface area contributed by atoms with E-state index in [1.165, 1.54) is 22.1 Å². The highest BCUT2D eigenvalue weighted by molar-refractivity contribution is 7.12. The van der Waals surface area contributed by atoms with E-state index in [1.807, 2.05) is 24.4 Å². The summed E-state index contributed by atoms with van der Waals surface area (Å²) in [6.07, 6.45) is 3.79. The van der Waals surface area contributed by atoms with Crippen LogP contribution in [0.3, 0.4) is 0 Å². The topological polar surface area (TPSA) is 92.7 Å². The highest BCUT2D eigenvalue weighted by atomic mass is 32.1. The number of amides is 1. The summed E-state index contributed by atoms with van der Waals surface area (Å²) in [5.74, 6) is 1.06. The number of carbonyl (C=O) groups is 1. The Kier molecular flexibility index (Phi) is 4.42. The first kappa shape index (κ1) is 16.7. The largest absolute Gasteiger partial charge is 0.306 e. The molecule has 1 fully saturated rings. The van der Waals surface area contributed by atoms with Gasteiger partial charge in [-0.25, -0.2) is 4.98 Å². The number of nitrogens with zero attached hydrogens (tertiary/aromatic N) is 3. The van der Waals surface area contributed by atoms with E-state index < -0.39 is 0 Å². The minimum atomic E-state index is -0.225. The average Bonchev–Trinajstić information content (AvgIpc) is 3.15. The maximum absolute atomic E-state index is 12.5. The Balaban J connectivity index is 1.73. The molecule has 0 bridgehead atoms. The molecule has 7 nitrogen and oxygen atoms in total. The third kappa shape index (κ3) is 3.45. The monoisotopic (exact) mass is 369 g/mol. The van der Waals surface area contributed by atoms with Crippen molar-refractivity contribution in [2.24, 2.45) is 0 Å². The molecule has 0 saturated heterocycles. The van der Waals surface area contributed by atoms with Crippen LogP contribution in [-0.4, -0.2) is 25.7 Å². The maximum atomic E-state index is 12.5. The van der Waals surface area contributed by atoms with E-state index in [0.29, 0.717) is 34.7 Å². The highest BCUT2D eigenvalue weighted by Gasteiger charge is 2.28. The maximum Gasteiger partial charge on any atom is 0.266 e. The van der Waals surface area contributed by atoms with Gasteiger partial charge in [0.25, 0.3) is 11.5 Å². The molecular weight excluding hydrogens is 350 g/mol. The average molecular weight is 369 g/mol. The van der Waals surface area contributed by atoms with Gasteiger partial charge in [-0.1, -0.05) is 19.4 Å². The lowest BCUT2D eigenvalue weighted by atomic mass is 10.2. The molecule has 3 aromatic rings. The molecule has 1 aliphatic carbocycles. The quantitative estimate of drug-likeness (QED) is 0.698. The molecule has 1 amide bonds. The first-order valence-corrected chi connectivity index (χ1v) is 9.57. The van der Waals surface area contributed by atoms with Gasteiger partial charge in [-0.15, -0.1) is 11.3 Å². The van der Waals surface area contributed by atoms with E-state index in [1.54, 1.807) is 6.07 Å². The van der Waals surface area contributed by atoms with Crippen LogP contribution in [-0.2, 0) is 6.42 Å². The summed E-state index contributed by atoms with van der Waals surface area (Å²) >= 11 is 1.37. The molecule has 3 heterocycles. The van der Waals surface area contributed by atoms with Crippen molar-refractivity contribution in [1.29, 1.82) is 0 Å². The summed E-state index contributed by atoms with van der Waals surface area (Å²) in [6.45, 7) is 2.04. The Morgan fingerprint density at radius 2 is 2.27 bits per heavy atom. The van der Waals surface area contributed by atoms with Crippen molar-refractivity contribution in [3.63, 3.8) is 0 Å². The smallest absolute Gasteiger partial charge is 0.266 e. The van der Waals surface area contributed by atoms with Gasteiger partial charge in [0.1, 0.15) is 5.82 Å². The second-order valence-electron chi connectivity index (χ2n) is 6.38. The van der Waals surface area contributed by atoms with Gasteiger partial charge in [-0.2, -0.15) is 9.78 Å². The van der Waals surface area contributed by atoms with Crippen LogP contribution in [0.25, 0.3) is 5.95 Å². The molecule has 4 rings (SSSR count). The zero-order chi connectivity index (χ0) is 18.1. The van der Waals surface area contributed by atoms with Gasteiger partial charge in [-0.3, -0.25) is 14.6 Å². The zero-order valence-corrected chi connectivity index (χ0v) is 15.2. The Labute approximate surface area is 154 Å². The van der Waals surface area contributed by atoms with Crippen molar-refractivity contribution >= 4 is 23.1 Å². The number of anilines is 1. The van der Waals surface area contributed by atoms with Crippen LogP contribution >= 0.6 is 11.3 Å². The number of hydrogen-bond acceptors (Lipinski definition) is 5. The first-order chi connectivity index (χ1) is 12.6. The number of thiophene rings is 1. The molecular formula is C18H19N5O2S. The summed E-state index contributed by atoms with van der Waals surface area (Å²) in [6, 6.07) is 6.97. The van der Waals surface area contributed by atoms with Crippen LogP contribution in [0, 0.1) is 0 Å². The van der Waals surface area contributed by atoms with Crippen LogP contribution in [0.15, 0.2) is 34.4 Å². The Morgan fingerprint density at radius 3 is 2.96 bits per heavy atom. The molecule has 0 unspecified atom stereocenters. The van der Waals surface area contributed by atoms with Crippen LogP contribution < -0.4 is 10.9 Å². The van der Waals surface area contributed by atoms with Crippen molar-refractivity contribution in [3.05, 3.63) is 56.3 Å². The number of hydrogen-bond donors (Lipinski definition) is 2. The minimum absolute atomic E-state index is 0.199. The number of H-pyrrole nitrogens is 1. The number of carbonyl (C=O) groups excluding carboxylic acids is 1. The molecule has 0 spiro atoms. The third-order valence-corrected chi connectivity index (χ3v) is 5.07. The van der Waals surface area contributed by atoms with Gasteiger partial charge in [0.2, 0.25) is 5.95 Å². The molecule has 0 radical (unpaired) electrons. The summed E-state index contributed by atoms with van der Waals surface area (Å²) < 4.78 is 1.53. The number of nitrogens with one attached hydrogen (secondary N) is 2. The molecule has 2 N–H and O–H groups in total. The summed E-state index contributed by atoms with van der Waals surface area (Å²) in [5.41, 5.74) is 1.40. The van der Waals surface area contributed by atoms with Gasteiger partial charge >= 0.3 is 0 Å². The first-order valence-electron chi connectivity index (χ1n) is 8.69. The number of rotatable bonds is 6. The van der Waals surface area contributed by atoms with E-state index >= 15 is 0 Å².